The third-order valence-electron chi connectivity index (χ3n) is 4.14. The van der Waals surface area contributed by atoms with Gasteiger partial charge in [-0.2, -0.15) is 0 Å². The van der Waals surface area contributed by atoms with Crippen molar-refractivity contribution in [2.75, 3.05) is 26.0 Å². The van der Waals surface area contributed by atoms with Crippen LogP contribution in [0, 0.1) is 26.6 Å². The van der Waals surface area contributed by atoms with Crippen LogP contribution in [-0.2, 0) is 11.3 Å². The van der Waals surface area contributed by atoms with Crippen LogP contribution in [0.1, 0.15) is 22.3 Å². The summed E-state index contributed by atoms with van der Waals surface area (Å²) in [5, 5.41) is 3.00. The molecule has 0 aliphatic heterocycles. The van der Waals surface area contributed by atoms with Gasteiger partial charge in [-0.25, -0.2) is 4.39 Å². The van der Waals surface area contributed by atoms with Crippen LogP contribution in [0.5, 0.6) is 5.75 Å². The number of ether oxygens (including phenoxy) is 1. The van der Waals surface area contributed by atoms with Crippen LogP contribution in [0.25, 0.3) is 0 Å². The minimum atomic E-state index is -0.307. The van der Waals surface area contributed by atoms with E-state index in [2.05, 4.69) is 17.4 Å². The van der Waals surface area contributed by atoms with E-state index in [0.717, 1.165) is 27.3 Å². The standard InChI is InChI=1S/C20H25FN2O2/c1-13-8-14(2)20(15(3)9-13)22-19(24)12-23(4)11-16-10-17(21)6-7-18(16)25-5/h6-10H,11-12H2,1-5H3,(H,22,24)/p+1. The SMILES string of the molecule is COc1ccc(F)cc1C[NH+](C)CC(=O)Nc1c(C)cc(C)cc1C. The molecule has 1 amide bonds. The van der Waals surface area contributed by atoms with Gasteiger partial charge in [0.2, 0.25) is 0 Å². The molecule has 2 rings (SSSR count). The lowest BCUT2D eigenvalue weighted by molar-refractivity contribution is -0.885. The predicted octanol–water partition coefficient (Wildman–Crippen LogP) is 2.41. The molecule has 2 N–H and O–H groups in total. The Labute approximate surface area is 148 Å². The molecular formula is C20H26FN2O2+. The summed E-state index contributed by atoms with van der Waals surface area (Å²) in [6, 6.07) is 8.53. The number of amides is 1. The molecule has 0 fully saturated rings. The fourth-order valence-electron chi connectivity index (χ4n) is 3.11. The maximum absolute atomic E-state index is 13.5. The zero-order valence-corrected chi connectivity index (χ0v) is 15.5. The maximum atomic E-state index is 13.5. The van der Waals surface area contributed by atoms with E-state index in [9.17, 15) is 9.18 Å². The van der Waals surface area contributed by atoms with Crippen molar-refractivity contribution >= 4 is 11.6 Å². The molecule has 2 aromatic carbocycles. The van der Waals surface area contributed by atoms with E-state index >= 15 is 0 Å². The molecule has 0 aliphatic rings. The molecule has 0 saturated carbocycles. The smallest absolute Gasteiger partial charge is 0.279 e. The number of quaternary nitrogens is 1. The molecule has 1 atom stereocenters. The van der Waals surface area contributed by atoms with Gasteiger partial charge in [-0.3, -0.25) is 4.79 Å². The molecule has 0 radical (unpaired) electrons. The number of carbonyl (C=O) groups excluding carboxylic acids is 1. The van der Waals surface area contributed by atoms with Crippen LogP contribution in [0.3, 0.4) is 0 Å². The van der Waals surface area contributed by atoms with Crippen molar-refractivity contribution in [1.82, 2.24) is 0 Å². The molecular weight excluding hydrogens is 319 g/mol. The highest BCUT2D eigenvalue weighted by Crippen LogP contribution is 2.21. The van der Waals surface area contributed by atoms with Gasteiger partial charge in [0, 0.05) is 5.69 Å². The number of carbonyl (C=O) groups is 1. The molecule has 5 heteroatoms. The van der Waals surface area contributed by atoms with E-state index in [1.807, 2.05) is 27.8 Å². The minimum Gasteiger partial charge on any atom is -0.496 e. The second kappa shape index (κ2) is 8.12. The Morgan fingerprint density at radius 2 is 1.80 bits per heavy atom. The number of halogens is 1. The summed E-state index contributed by atoms with van der Waals surface area (Å²) in [5.74, 6) is 0.258. The summed E-state index contributed by atoms with van der Waals surface area (Å²) in [6.45, 7) is 6.80. The monoisotopic (exact) mass is 345 g/mol. The summed E-state index contributed by atoms with van der Waals surface area (Å²) in [5.41, 5.74) is 4.89. The highest BCUT2D eigenvalue weighted by atomic mass is 19.1. The zero-order valence-electron chi connectivity index (χ0n) is 15.5. The van der Waals surface area contributed by atoms with Crippen molar-refractivity contribution < 1.29 is 18.8 Å². The Bertz CT molecular complexity index is 751. The van der Waals surface area contributed by atoms with Crippen molar-refractivity contribution in [2.45, 2.75) is 27.3 Å². The Kier molecular flexibility index (Phi) is 6.15. The quantitative estimate of drug-likeness (QED) is 0.844. The van der Waals surface area contributed by atoms with Crippen LogP contribution in [0.2, 0.25) is 0 Å². The number of benzene rings is 2. The number of likely N-dealkylation sites (N-methyl/N-ethyl adjacent to an activating group) is 1. The second-order valence-corrected chi connectivity index (χ2v) is 6.59. The van der Waals surface area contributed by atoms with Crippen LogP contribution in [-0.4, -0.2) is 26.6 Å². The molecule has 0 saturated heterocycles. The average Bonchev–Trinajstić information content (AvgIpc) is 2.51. The number of methoxy groups -OCH3 is 1. The third-order valence-corrected chi connectivity index (χ3v) is 4.14. The molecule has 1 unspecified atom stereocenters. The molecule has 0 spiro atoms. The molecule has 0 aromatic heterocycles. The summed E-state index contributed by atoms with van der Waals surface area (Å²) in [6.07, 6.45) is 0. The van der Waals surface area contributed by atoms with E-state index in [1.54, 1.807) is 13.2 Å². The van der Waals surface area contributed by atoms with Crippen LogP contribution in [0.4, 0.5) is 10.1 Å². The van der Waals surface area contributed by atoms with Gasteiger partial charge in [0.25, 0.3) is 5.91 Å². The summed E-state index contributed by atoms with van der Waals surface area (Å²) >= 11 is 0. The number of anilines is 1. The highest BCUT2D eigenvalue weighted by Gasteiger charge is 2.15. The molecule has 0 aliphatic carbocycles. The number of hydrogen-bond donors (Lipinski definition) is 2. The molecule has 25 heavy (non-hydrogen) atoms. The molecule has 0 heterocycles. The van der Waals surface area contributed by atoms with E-state index in [4.69, 9.17) is 4.74 Å². The number of aryl methyl sites for hydroxylation is 3. The van der Waals surface area contributed by atoms with Crippen LogP contribution < -0.4 is 15.0 Å². The first kappa shape index (κ1) is 18.9. The largest absolute Gasteiger partial charge is 0.496 e. The topological polar surface area (TPSA) is 42.8 Å². The molecule has 134 valence electrons. The molecule has 0 bridgehead atoms. The number of nitrogens with one attached hydrogen (secondary N) is 2. The van der Waals surface area contributed by atoms with Crippen LogP contribution >= 0.6 is 0 Å². The Morgan fingerprint density at radius 1 is 1.16 bits per heavy atom. The van der Waals surface area contributed by atoms with Crippen molar-refractivity contribution in [1.29, 1.82) is 0 Å². The maximum Gasteiger partial charge on any atom is 0.279 e. The highest BCUT2D eigenvalue weighted by molar-refractivity contribution is 5.93. The van der Waals surface area contributed by atoms with Gasteiger partial charge in [-0.15, -0.1) is 0 Å². The van der Waals surface area contributed by atoms with Crippen molar-refractivity contribution in [2.24, 2.45) is 0 Å². The van der Waals surface area contributed by atoms with Crippen molar-refractivity contribution in [3.63, 3.8) is 0 Å². The van der Waals surface area contributed by atoms with Gasteiger partial charge in [0.05, 0.1) is 19.7 Å². The van der Waals surface area contributed by atoms with Gasteiger partial charge in [0.15, 0.2) is 6.54 Å². The van der Waals surface area contributed by atoms with E-state index in [-0.39, 0.29) is 18.3 Å². The number of hydrogen-bond acceptors (Lipinski definition) is 2. The van der Waals surface area contributed by atoms with Gasteiger partial charge < -0.3 is 15.0 Å². The predicted molar refractivity (Wildman–Crippen MR) is 97.7 cm³/mol. The van der Waals surface area contributed by atoms with E-state index < -0.39 is 0 Å². The summed E-state index contributed by atoms with van der Waals surface area (Å²) < 4.78 is 18.7. The second-order valence-electron chi connectivity index (χ2n) is 6.59. The lowest BCUT2D eigenvalue weighted by Gasteiger charge is -2.17. The summed E-state index contributed by atoms with van der Waals surface area (Å²) in [7, 11) is 3.46. The Balaban J connectivity index is 2.03. The van der Waals surface area contributed by atoms with Gasteiger partial charge in [-0.05, 0) is 50.1 Å². The first-order chi connectivity index (χ1) is 11.8. The zero-order chi connectivity index (χ0) is 18.6. The molecule has 2 aromatic rings. The first-order valence-corrected chi connectivity index (χ1v) is 8.31. The lowest BCUT2D eigenvalue weighted by atomic mass is 10.1. The van der Waals surface area contributed by atoms with Gasteiger partial charge in [-0.1, -0.05) is 17.7 Å². The average molecular weight is 345 g/mol. The summed E-state index contributed by atoms with van der Waals surface area (Å²) in [4.78, 5) is 13.3. The minimum absolute atomic E-state index is 0.0667. The first-order valence-electron chi connectivity index (χ1n) is 8.31. The molecule has 4 nitrogen and oxygen atoms in total. The Morgan fingerprint density at radius 3 is 2.40 bits per heavy atom. The van der Waals surface area contributed by atoms with E-state index in [1.165, 1.54) is 17.7 Å². The van der Waals surface area contributed by atoms with Crippen molar-refractivity contribution in [3.8, 4) is 5.75 Å². The van der Waals surface area contributed by atoms with Gasteiger partial charge >= 0.3 is 0 Å². The fourth-order valence-corrected chi connectivity index (χ4v) is 3.11. The van der Waals surface area contributed by atoms with Crippen LogP contribution in [0.15, 0.2) is 30.3 Å². The van der Waals surface area contributed by atoms with Crippen molar-refractivity contribution in [3.05, 3.63) is 58.4 Å². The number of rotatable bonds is 6. The Hall–Kier alpha value is -2.40. The third kappa shape index (κ3) is 5.03. The van der Waals surface area contributed by atoms with E-state index in [0.29, 0.717) is 12.3 Å². The van der Waals surface area contributed by atoms with Gasteiger partial charge in [0.1, 0.15) is 18.1 Å². The lowest BCUT2D eigenvalue weighted by Crippen LogP contribution is -3.08. The fraction of sp³-hybridized carbons (Fsp3) is 0.350. The normalized spacial score (nSPS) is 11.9.